The molecule has 5 rings (SSSR count). The quantitative estimate of drug-likeness (QED) is 0.204. The third-order valence-corrected chi connectivity index (χ3v) is 6.53. The van der Waals surface area contributed by atoms with E-state index < -0.39 is 0 Å². The zero-order valence-corrected chi connectivity index (χ0v) is 20.3. The van der Waals surface area contributed by atoms with Crippen LogP contribution in [0.4, 0.5) is 0 Å². The van der Waals surface area contributed by atoms with Gasteiger partial charge in [-0.25, -0.2) is 15.0 Å². The lowest BCUT2D eigenvalue weighted by molar-refractivity contribution is 0.556. The van der Waals surface area contributed by atoms with Crippen molar-refractivity contribution in [2.24, 2.45) is 0 Å². The molecule has 3 aromatic heterocycles. The van der Waals surface area contributed by atoms with Gasteiger partial charge in [-0.1, -0.05) is 44.4 Å². The number of aromatic nitrogens is 5. The summed E-state index contributed by atoms with van der Waals surface area (Å²) in [5.41, 5.74) is 4.34. The van der Waals surface area contributed by atoms with Crippen LogP contribution in [0.1, 0.15) is 38.4 Å². The number of para-hydroxylation sites is 2. The van der Waals surface area contributed by atoms with E-state index >= 15 is 0 Å². The molecular weight excluding hydrogens is 513 g/mol. The molecule has 0 spiro atoms. The maximum absolute atomic E-state index is 13.7. The highest BCUT2D eigenvalue weighted by atomic mass is 127. The van der Waals surface area contributed by atoms with Crippen molar-refractivity contribution in [2.45, 2.75) is 46.1 Å². The molecule has 0 aliphatic rings. The lowest BCUT2D eigenvalue weighted by Crippen LogP contribution is -2.24. The van der Waals surface area contributed by atoms with Gasteiger partial charge in [-0.2, -0.15) is 0 Å². The second kappa shape index (κ2) is 8.61. The average Bonchev–Trinajstić information content (AvgIpc) is 3.09. The van der Waals surface area contributed by atoms with E-state index in [-0.39, 0.29) is 5.56 Å². The minimum atomic E-state index is -0.0389. The van der Waals surface area contributed by atoms with E-state index in [2.05, 4.69) is 35.6 Å². The number of nitrogens with zero attached hydrogens (tertiary/aromatic N) is 5. The summed E-state index contributed by atoms with van der Waals surface area (Å²) in [7, 11) is 0. The van der Waals surface area contributed by atoms with E-state index in [1.807, 2.05) is 54.0 Å². The highest BCUT2D eigenvalue weighted by molar-refractivity contribution is 14.1. The van der Waals surface area contributed by atoms with Crippen LogP contribution in [0.25, 0.3) is 38.9 Å². The molecule has 0 saturated heterocycles. The van der Waals surface area contributed by atoms with Gasteiger partial charge in [0.1, 0.15) is 16.7 Å². The summed E-state index contributed by atoms with van der Waals surface area (Å²) >= 11 is 2.30. The smallest absolute Gasteiger partial charge is 0.265 e. The van der Waals surface area contributed by atoms with Crippen molar-refractivity contribution >= 4 is 55.8 Å². The largest absolute Gasteiger partial charge is 0.296 e. The first-order valence-electron chi connectivity index (χ1n) is 11.0. The first kappa shape index (κ1) is 21.1. The van der Waals surface area contributed by atoms with Crippen LogP contribution < -0.4 is 5.56 Å². The molecular formula is C25H24IN5O. The zero-order chi connectivity index (χ0) is 22.2. The van der Waals surface area contributed by atoms with Crippen LogP contribution in [0.15, 0.2) is 53.3 Å². The lowest BCUT2D eigenvalue weighted by Gasteiger charge is -2.11. The molecule has 0 aliphatic heterocycles. The molecule has 32 heavy (non-hydrogen) atoms. The summed E-state index contributed by atoms with van der Waals surface area (Å²) in [6.07, 6.45) is 4.41. The van der Waals surface area contributed by atoms with Crippen molar-refractivity contribution in [3.63, 3.8) is 0 Å². The molecule has 162 valence electrons. The van der Waals surface area contributed by atoms with Gasteiger partial charge >= 0.3 is 0 Å². The molecule has 5 aromatic rings. The van der Waals surface area contributed by atoms with Gasteiger partial charge < -0.3 is 0 Å². The normalized spacial score (nSPS) is 11.7. The monoisotopic (exact) mass is 537 g/mol. The van der Waals surface area contributed by atoms with Crippen molar-refractivity contribution in [1.82, 2.24) is 24.1 Å². The molecule has 7 heteroatoms. The predicted molar refractivity (Wildman–Crippen MR) is 138 cm³/mol. The number of hydrogen-bond acceptors (Lipinski definition) is 4. The van der Waals surface area contributed by atoms with Crippen LogP contribution >= 0.6 is 22.6 Å². The zero-order valence-electron chi connectivity index (χ0n) is 18.2. The molecule has 0 N–H and O–H groups in total. The molecule has 0 atom stereocenters. The number of fused-ring (bicyclic) bond motifs is 4. The first-order chi connectivity index (χ1) is 15.6. The van der Waals surface area contributed by atoms with Crippen molar-refractivity contribution in [3.05, 3.63) is 68.3 Å². The highest BCUT2D eigenvalue weighted by Gasteiger charge is 2.22. The van der Waals surface area contributed by atoms with Gasteiger partial charge in [-0.15, -0.1) is 0 Å². The Bertz CT molecular complexity index is 1520. The molecule has 6 nitrogen and oxygen atoms in total. The fraction of sp³-hybridized carbons (Fsp3) is 0.280. The van der Waals surface area contributed by atoms with Crippen LogP contribution in [-0.4, -0.2) is 24.1 Å². The summed E-state index contributed by atoms with van der Waals surface area (Å²) in [5.74, 6) is 0.721. The topological polar surface area (TPSA) is 65.6 Å². The number of benzene rings is 2. The minimum absolute atomic E-state index is 0.0389. The molecule has 0 aliphatic carbocycles. The summed E-state index contributed by atoms with van der Waals surface area (Å²) in [6.45, 7) is 4.77. The van der Waals surface area contributed by atoms with Crippen molar-refractivity contribution in [1.29, 1.82) is 0 Å². The van der Waals surface area contributed by atoms with Gasteiger partial charge in [0.2, 0.25) is 0 Å². The van der Waals surface area contributed by atoms with Gasteiger partial charge in [-0.3, -0.25) is 13.9 Å². The summed E-state index contributed by atoms with van der Waals surface area (Å²) < 4.78 is 4.87. The van der Waals surface area contributed by atoms with E-state index in [0.29, 0.717) is 28.7 Å². The van der Waals surface area contributed by atoms with Gasteiger partial charge in [0.25, 0.3) is 5.56 Å². The van der Waals surface area contributed by atoms with Crippen LogP contribution in [-0.2, 0) is 6.54 Å². The fourth-order valence-electron chi connectivity index (χ4n) is 4.25. The highest BCUT2D eigenvalue weighted by Crippen LogP contribution is 2.29. The van der Waals surface area contributed by atoms with Crippen LogP contribution in [0.3, 0.4) is 0 Å². The predicted octanol–water partition coefficient (Wildman–Crippen LogP) is 5.78. The molecule has 0 amide bonds. The third-order valence-electron chi connectivity index (χ3n) is 5.86. The number of unbranched alkanes of at least 4 members (excludes halogenated alkanes) is 3. The second-order valence-corrected chi connectivity index (χ2v) is 9.32. The van der Waals surface area contributed by atoms with E-state index in [1.54, 1.807) is 4.57 Å². The van der Waals surface area contributed by atoms with Gasteiger partial charge in [0, 0.05) is 10.1 Å². The number of hydrogen-bond donors (Lipinski definition) is 0. The lowest BCUT2D eigenvalue weighted by atomic mass is 10.2. The van der Waals surface area contributed by atoms with E-state index in [9.17, 15) is 4.79 Å². The first-order valence-corrected chi connectivity index (χ1v) is 12.1. The Balaban J connectivity index is 1.85. The molecule has 0 saturated carbocycles. The maximum atomic E-state index is 13.7. The Kier molecular flexibility index (Phi) is 5.67. The Morgan fingerprint density at radius 1 is 0.906 bits per heavy atom. The van der Waals surface area contributed by atoms with Crippen molar-refractivity contribution in [3.8, 4) is 5.69 Å². The Labute approximate surface area is 199 Å². The van der Waals surface area contributed by atoms with Crippen LogP contribution in [0, 0.1) is 10.5 Å². The van der Waals surface area contributed by atoms with Crippen LogP contribution in [0.2, 0.25) is 0 Å². The van der Waals surface area contributed by atoms with Crippen molar-refractivity contribution in [2.75, 3.05) is 0 Å². The van der Waals surface area contributed by atoms with E-state index in [4.69, 9.17) is 15.0 Å². The number of halogens is 1. The van der Waals surface area contributed by atoms with Gasteiger partial charge in [-0.05, 0) is 66.3 Å². The molecule has 0 fully saturated rings. The van der Waals surface area contributed by atoms with E-state index in [0.717, 1.165) is 45.4 Å². The van der Waals surface area contributed by atoms with E-state index in [1.165, 1.54) is 6.42 Å². The SMILES string of the molecule is CCCCCCn1c(C)nc2c(c1=O)c1nc3ccccc3nc1n2-c1cccc(I)c1. The van der Waals surface area contributed by atoms with Gasteiger partial charge in [0.05, 0.1) is 16.7 Å². The third kappa shape index (κ3) is 3.58. The summed E-state index contributed by atoms with van der Waals surface area (Å²) in [4.78, 5) is 28.4. The maximum Gasteiger partial charge on any atom is 0.265 e. The van der Waals surface area contributed by atoms with Crippen molar-refractivity contribution < 1.29 is 0 Å². The second-order valence-electron chi connectivity index (χ2n) is 8.07. The number of aryl methyl sites for hydroxylation is 1. The molecule has 0 unspecified atom stereocenters. The number of rotatable bonds is 6. The Morgan fingerprint density at radius 3 is 2.44 bits per heavy atom. The van der Waals surface area contributed by atoms with Crippen LogP contribution in [0.5, 0.6) is 0 Å². The summed E-state index contributed by atoms with van der Waals surface area (Å²) in [6, 6.07) is 15.9. The Morgan fingerprint density at radius 2 is 1.69 bits per heavy atom. The summed E-state index contributed by atoms with van der Waals surface area (Å²) in [5, 5.41) is 0.540. The minimum Gasteiger partial charge on any atom is -0.296 e. The fourth-order valence-corrected chi connectivity index (χ4v) is 4.78. The molecule has 2 aromatic carbocycles. The standard InChI is InChI=1S/C25H24IN5O/c1-3-4-5-8-14-30-16(2)27-23-21(25(30)32)22-24(29-20-13-7-6-12-19(20)28-22)31(23)18-11-9-10-17(26)15-18/h6-7,9-13,15H,3-5,8,14H2,1-2H3. The average molecular weight is 537 g/mol. The molecule has 0 bridgehead atoms. The van der Waals surface area contributed by atoms with Gasteiger partial charge in [0.15, 0.2) is 11.3 Å². The Hall–Kier alpha value is -2.81. The molecule has 3 heterocycles. The molecule has 0 radical (unpaired) electrons.